The highest BCUT2D eigenvalue weighted by atomic mass is 19.3. The third-order valence-electron chi connectivity index (χ3n) is 5.49. The summed E-state index contributed by atoms with van der Waals surface area (Å²) in [6.07, 6.45) is 3.45. The van der Waals surface area contributed by atoms with Crippen LogP contribution in [0.5, 0.6) is 11.6 Å². The minimum Gasteiger partial charge on any atom is -0.478 e. The third-order valence-corrected chi connectivity index (χ3v) is 5.49. The van der Waals surface area contributed by atoms with Crippen molar-refractivity contribution in [3.05, 3.63) is 77.5 Å². The first-order valence-electron chi connectivity index (χ1n) is 10.6. The number of hydrogen-bond donors (Lipinski definition) is 0. The van der Waals surface area contributed by atoms with Gasteiger partial charge in [0.15, 0.2) is 0 Å². The lowest BCUT2D eigenvalue weighted by molar-refractivity contribution is -0.0498. The van der Waals surface area contributed by atoms with E-state index in [1.54, 1.807) is 35.3 Å². The Hall–Kier alpha value is -4.27. The second kappa shape index (κ2) is 8.58. The smallest absolute Gasteiger partial charge is 0.387 e. The highest BCUT2D eigenvalue weighted by Crippen LogP contribution is 2.29. The molecule has 3 aromatic heterocycles. The molecule has 172 valence electrons. The molecule has 34 heavy (non-hydrogen) atoms. The van der Waals surface area contributed by atoms with Crippen molar-refractivity contribution in [1.82, 2.24) is 19.1 Å². The van der Waals surface area contributed by atoms with E-state index in [1.807, 2.05) is 42.8 Å². The number of alkyl halides is 2. The number of halogens is 2. The van der Waals surface area contributed by atoms with Crippen molar-refractivity contribution >= 4 is 21.9 Å². The van der Waals surface area contributed by atoms with Crippen molar-refractivity contribution in [2.75, 3.05) is 6.61 Å². The predicted octanol–water partition coefficient (Wildman–Crippen LogP) is 4.94. The molecule has 0 atom stereocenters. The average molecular weight is 462 g/mol. The number of ether oxygens (including phenoxy) is 2. The SMILES string of the molecule is CCOc1ccc2cn(-c3ccc4ncn(C)c4c3)c(=O)c(-c3ccc(OC(F)F)cc3)c2n1. The topological polar surface area (TPSA) is 71.2 Å². The van der Waals surface area contributed by atoms with Crippen LogP contribution in [0.25, 0.3) is 38.8 Å². The number of hydrogen-bond acceptors (Lipinski definition) is 5. The molecular formula is C25H20F2N4O3. The van der Waals surface area contributed by atoms with Gasteiger partial charge in [-0.25, -0.2) is 9.97 Å². The van der Waals surface area contributed by atoms with Gasteiger partial charge in [-0.15, -0.1) is 0 Å². The van der Waals surface area contributed by atoms with Crippen LogP contribution in [0.3, 0.4) is 0 Å². The number of aryl methyl sites for hydroxylation is 1. The van der Waals surface area contributed by atoms with Gasteiger partial charge in [0.1, 0.15) is 5.75 Å². The first-order valence-corrected chi connectivity index (χ1v) is 10.6. The maximum Gasteiger partial charge on any atom is 0.387 e. The summed E-state index contributed by atoms with van der Waals surface area (Å²) in [4.78, 5) is 22.7. The molecule has 5 aromatic rings. The minimum atomic E-state index is -2.93. The van der Waals surface area contributed by atoms with Crippen LogP contribution >= 0.6 is 0 Å². The van der Waals surface area contributed by atoms with Crippen molar-refractivity contribution in [3.63, 3.8) is 0 Å². The second-order valence-electron chi connectivity index (χ2n) is 7.63. The quantitative estimate of drug-likeness (QED) is 0.358. The molecule has 0 N–H and O–H groups in total. The largest absolute Gasteiger partial charge is 0.478 e. The summed E-state index contributed by atoms with van der Waals surface area (Å²) >= 11 is 0. The third kappa shape index (κ3) is 3.85. The van der Waals surface area contributed by atoms with E-state index in [-0.39, 0.29) is 11.3 Å². The highest BCUT2D eigenvalue weighted by molar-refractivity contribution is 5.93. The summed E-state index contributed by atoms with van der Waals surface area (Å²) in [6.45, 7) is -0.658. The Morgan fingerprint density at radius 2 is 1.85 bits per heavy atom. The normalized spacial score (nSPS) is 11.4. The Kier molecular flexibility index (Phi) is 5.45. The highest BCUT2D eigenvalue weighted by Gasteiger charge is 2.17. The monoisotopic (exact) mass is 462 g/mol. The zero-order valence-corrected chi connectivity index (χ0v) is 18.4. The zero-order valence-electron chi connectivity index (χ0n) is 18.4. The summed E-state index contributed by atoms with van der Waals surface area (Å²) in [7, 11) is 1.88. The Bertz CT molecular complexity index is 1560. The van der Waals surface area contributed by atoms with E-state index in [9.17, 15) is 13.6 Å². The number of rotatable bonds is 6. The van der Waals surface area contributed by atoms with Gasteiger partial charge in [-0.3, -0.25) is 9.36 Å². The van der Waals surface area contributed by atoms with Crippen molar-refractivity contribution in [1.29, 1.82) is 0 Å². The van der Waals surface area contributed by atoms with Gasteiger partial charge in [-0.2, -0.15) is 8.78 Å². The van der Waals surface area contributed by atoms with Crippen molar-refractivity contribution in [2.24, 2.45) is 7.05 Å². The van der Waals surface area contributed by atoms with Gasteiger partial charge in [-0.1, -0.05) is 12.1 Å². The van der Waals surface area contributed by atoms with Gasteiger partial charge < -0.3 is 14.0 Å². The molecule has 0 bridgehead atoms. The summed E-state index contributed by atoms with van der Waals surface area (Å²) in [5.41, 5.74) is 3.36. The zero-order chi connectivity index (χ0) is 23.8. The van der Waals surface area contributed by atoms with Gasteiger partial charge >= 0.3 is 6.61 Å². The van der Waals surface area contributed by atoms with Crippen LogP contribution in [0.15, 0.2) is 71.9 Å². The molecule has 5 rings (SSSR count). The molecule has 0 aliphatic carbocycles. The maximum atomic E-state index is 13.8. The molecule has 9 heteroatoms. The van der Waals surface area contributed by atoms with Crippen LogP contribution in [-0.2, 0) is 7.05 Å². The molecular weight excluding hydrogens is 442 g/mol. The van der Waals surface area contributed by atoms with Crippen molar-refractivity contribution in [3.8, 4) is 28.4 Å². The summed E-state index contributed by atoms with van der Waals surface area (Å²) in [5.74, 6) is 0.395. The fraction of sp³-hybridized carbons (Fsp3) is 0.160. The van der Waals surface area contributed by atoms with E-state index >= 15 is 0 Å². The summed E-state index contributed by atoms with van der Waals surface area (Å²) in [5, 5.41) is 0.719. The van der Waals surface area contributed by atoms with E-state index in [0.29, 0.717) is 34.8 Å². The van der Waals surface area contributed by atoms with Crippen molar-refractivity contribution < 1.29 is 18.3 Å². The summed E-state index contributed by atoms with van der Waals surface area (Å²) < 4.78 is 38.6. The van der Waals surface area contributed by atoms with Crippen LogP contribution in [0.4, 0.5) is 8.78 Å². The molecule has 0 amide bonds. The summed E-state index contributed by atoms with van der Waals surface area (Å²) in [6, 6.07) is 15.1. The van der Waals surface area contributed by atoms with Gasteiger partial charge in [0.25, 0.3) is 5.56 Å². The molecule has 0 saturated heterocycles. The lowest BCUT2D eigenvalue weighted by Gasteiger charge is -2.14. The minimum absolute atomic E-state index is 0.00364. The van der Waals surface area contributed by atoms with E-state index in [0.717, 1.165) is 16.4 Å². The first-order chi connectivity index (χ1) is 16.4. The number of pyridine rings is 2. The second-order valence-corrected chi connectivity index (χ2v) is 7.63. The first kappa shape index (κ1) is 21.6. The molecule has 0 aliphatic rings. The fourth-order valence-electron chi connectivity index (χ4n) is 3.92. The van der Waals surface area contributed by atoms with E-state index in [2.05, 4.69) is 14.7 Å². The average Bonchev–Trinajstić information content (AvgIpc) is 3.19. The van der Waals surface area contributed by atoms with E-state index < -0.39 is 6.61 Å². The van der Waals surface area contributed by atoms with E-state index in [4.69, 9.17) is 4.74 Å². The Morgan fingerprint density at radius 3 is 2.59 bits per heavy atom. The van der Waals surface area contributed by atoms with Gasteiger partial charge in [0, 0.05) is 24.7 Å². The molecule has 2 aromatic carbocycles. The molecule has 0 aliphatic heterocycles. The lowest BCUT2D eigenvalue weighted by atomic mass is 10.0. The fourth-order valence-corrected chi connectivity index (χ4v) is 3.92. The van der Waals surface area contributed by atoms with Crippen LogP contribution in [0, 0.1) is 0 Å². The van der Waals surface area contributed by atoms with Gasteiger partial charge in [0.05, 0.1) is 40.7 Å². The molecule has 7 nitrogen and oxygen atoms in total. The van der Waals surface area contributed by atoms with Crippen LogP contribution in [0.1, 0.15) is 6.92 Å². The molecule has 0 radical (unpaired) electrons. The molecule has 0 saturated carbocycles. The Balaban J connectivity index is 1.75. The molecule has 0 fully saturated rings. The molecule has 0 unspecified atom stereocenters. The van der Waals surface area contributed by atoms with Crippen molar-refractivity contribution in [2.45, 2.75) is 13.5 Å². The predicted molar refractivity (Wildman–Crippen MR) is 125 cm³/mol. The van der Waals surface area contributed by atoms with Gasteiger partial charge in [-0.05, 0) is 48.9 Å². The van der Waals surface area contributed by atoms with Crippen LogP contribution in [0.2, 0.25) is 0 Å². The van der Waals surface area contributed by atoms with Crippen LogP contribution < -0.4 is 15.0 Å². The number of aromatic nitrogens is 4. The number of nitrogens with zero attached hydrogens (tertiary/aromatic N) is 4. The molecule has 0 spiro atoms. The Morgan fingerprint density at radius 1 is 1.06 bits per heavy atom. The molecule has 3 heterocycles. The van der Waals surface area contributed by atoms with Gasteiger partial charge in [0.2, 0.25) is 5.88 Å². The van der Waals surface area contributed by atoms with Crippen LogP contribution in [-0.4, -0.2) is 32.3 Å². The number of imidazole rings is 1. The standard InChI is InChI=1S/C25H20F2N4O3/c1-3-33-21-11-6-16-13-31(17-7-10-19-20(12-17)30(2)14-28-19)24(32)22(23(16)29-21)15-4-8-18(9-5-15)34-25(26)27/h4-14,25H,3H2,1-2H3. The maximum absolute atomic E-state index is 13.8. The van der Waals surface area contributed by atoms with E-state index in [1.165, 1.54) is 12.1 Å². The lowest BCUT2D eigenvalue weighted by Crippen LogP contribution is -2.20. The Labute approximate surface area is 192 Å². The number of benzene rings is 2. The number of fused-ring (bicyclic) bond motifs is 2.